The van der Waals surface area contributed by atoms with Gasteiger partial charge in [-0.1, -0.05) is 19.1 Å². The average Bonchev–Trinajstić information content (AvgIpc) is 2.20. The molecule has 0 saturated carbocycles. The second-order valence-electron chi connectivity index (χ2n) is 4.27. The van der Waals surface area contributed by atoms with E-state index in [9.17, 15) is 0 Å². The van der Waals surface area contributed by atoms with Gasteiger partial charge in [0, 0.05) is 19.6 Å². The van der Waals surface area contributed by atoms with Crippen molar-refractivity contribution in [3.05, 3.63) is 12.2 Å². The van der Waals surface area contributed by atoms with Crippen LogP contribution in [0.4, 0.5) is 0 Å². The summed E-state index contributed by atoms with van der Waals surface area (Å²) < 4.78 is 0. The lowest BCUT2D eigenvalue weighted by Gasteiger charge is -2.24. The van der Waals surface area contributed by atoms with E-state index >= 15 is 0 Å². The number of rotatable bonds is 6. The summed E-state index contributed by atoms with van der Waals surface area (Å²) in [5.74, 6) is 0.895. The standard InChI is InChI=1S/C12H24N2/c1-3-13-9-10-14(2)11-12-7-5-4-6-8-12/h4-5,12-13H,3,6-11H2,1-2H3. The smallest absolute Gasteiger partial charge is 0.0104 e. The van der Waals surface area contributed by atoms with Gasteiger partial charge in [0.05, 0.1) is 0 Å². The van der Waals surface area contributed by atoms with E-state index in [1.807, 2.05) is 0 Å². The quantitative estimate of drug-likeness (QED) is 0.515. The molecular weight excluding hydrogens is 172 g/mol. The lowest BCUT2D eigenvalue weighted by molar-refractivity contribution is 0.265. The van der Waals surface area contributed by atoms with Gasteiger partial charge in [-0.25, -0.2) is 0 Å². The molecule has 0 radical (unpaired) electrons. The first-order chi connectivity index (χ1) is 6.83. The maximum atomic E-state index is 3.36. The molecule has 1 aliphatic carbocycles. The molecule has 14 heavy (non-hydrogen) atoms. The highest BCUT2D eigenvalue weighted by Gasteiger charge is 2.11. The number of nitrogens with zero attached hydrogens (tertiary/aromatic N) is 1. The van der Waals surface area contributed by atoms with Crippen LogP contribution in [-0.2, 0) is 0 Å². The summed E-state index contributed by atoms with van der Waals surface area (Å²) in [6, 6.07) is 0. The fourth-order valence-corrected chi connectivity index (χ4v) is 2.00. The van der Waals surface area contributed by atoms with Gasteiger partial charge in [-0.05, 0) is 38.8 Å². The van der Waals surface area contributed by atoms with Crippen molar-refractivity contribution >= 4 is 0 Å². The van der Waals surface area contributed by atoms with E-state index in [1.165, 1.54) is 32.4 Å². The SMILES string of the molecule is CCNCCN(C)CC1CC=CCC1. The minimum atomic E-state index is 0.895. The Labute approximate surface area is 88.4 Å². The fourth-order valence-electron chi connectivity index (χ4n) is 2.00. The summed E-state index contributed by atoms with van der Waals surface area (Å²) in [5.41, 5.74) is 0. The van der Waals surface area contributed by atoms with Crippen molar-refractivity contribution in [2.45, 2.75) is 26.2 Å². The van der Waals surface area contributed by atoms with Crippen LogP contribution >= 0.6 is 0 Å². The Bertz CT molecular complexity index is 166. The zero-order valence-corrected chi connectivity index (χ0v) is 9.63. The predicted molar refractivity (Wildman–Crippen MR) is 62.5 cm³/mol. The van der Waals surface area contributed by atoms with Crippen LogP contribution < -0.4 is 5.32 Å². The molecule has 0 aliphatic heterocycles. The lowest BCUT2D eigenvalue weighted by atomic mass is 9.94. The van der Waals surface area contributed by atoms with Crippen molar-refractivity contribution in [3.8, 4) is 0 Å². The normalized spacial score (nSPS) is 21.8. The van der Waals surface area contributed by atoms with Crippen LogP contribution in [0.3, 0.4) is 0 Å². The Balaban J connectivity index is 2.06. The first-order valence-corrected chi connectivity index (χ1v) is 5.87. The van der Waals surface area contributed by atoms with Gasteiger partial charge in [-0.2, -0.15) is 0 Å². The molecule has 0 fully saturated rings. The molecule has 1 rings (SSSR count). The van der Waals surface area contributed by atoms with Gasteiger partial charge in [0.25, 0.3) is 0 Å². The van der Waals surface area contributed by atoms with E-state index < -0.39 is 0 Å². The van der Waals surface area contributed by atoms with Gasteiger partial charge in [-0.15, -0.1) is 0 Å². The van der Waals surface area contributed by atoms with Crippen LogP contribution in [0.2, 0.25) is 0 Å². The summed E-state index contributed by atoms with van der Waals surface area (Å²) in [6.07, 6.45) is 8.60. The topological polar surface area (TPSA) is 15.3 Å². The minimum Gasteiger partial charge on any atom is -0.316 e. The number of hydrogen-bond donors (Lipinski definition) is 1. The third kappa shape index (κ3) is 4.77. The number of likely N-dealkylation sites (N-methyl/N-ethyl adjacent to an activating group) is 2. The molecule has 0 heterocycles. The molecule has 1 aliphatic rings. The number of nitrogens with one attached hydrogen (secondary N) is 1. The van der Waals surface area contributed by atoms with Crippen LogP contribution in [-0.4, -0.2) is 38.1 Å². The van der Waals surface area contributed by atoms with E-state index in [-0.39, 0.29) is 0 Å². The van der Waals surface area contributed by atoms with Gasteiger partial charge in [0.15, 0.2) is 0 Å². The van der Waals surface area contributed by atoms with Crippen LogP contribution in [0.5, 0.6) is 0 Å². The molecule has 1 unspecified atom stereocenters. The second-order valence-corrected chi connectivity index (χ2v) is 4.27. The van der Waals surface area contributed by atoms with Crippen LogP contribution in [0.25, 0.3) is 0 Å². The molecule has 0 aromatic heterocycles. The lowest BCUT2D eigenvalue weighted by Crippen LogP contribution is -2.32. The summed E-state index contributed by atoms with van der Waals surface area (Å²) in [5, 5.41) is 3.36. The maximum Gasteiger partial charge on any atom is 0.0104 e. The molecule has 0 amide bonds. The molecule has 82 valence electrons. The van der Waals surface area contributed by atoms with E-state index in [0.29, 0.717) is 0 Å². The Hall–Kier alpha value is -0.340. The Morgan fingerprint density at radius 2 is 2.29 bits per heavy atom. The van der Waals surface area contributed by atoms with Crippen molar-refractivity contribution < 1.29 is 0 Å². The molecule has 1 atom stereocenters. The molecule has 2 heteroatoms. The van der Waals surface area contributed by atoms with Crippen LogP contribution in [0.15, 0.2) is 12.2 Å². The molecule has 0 spiro atoms. The van der Waals surface area contributed by atoms with Crippen LogP contribution in [0, 0.1) is 5.92 Å². The monoisotopic (exact) mass is 196 g/mol. The largest absolute Gasteiger partial charge is 0.316 e. The molecule has 1 N–H and O–H groups in total. The number of hydrogen-bond acceptors (Lipinski definition) is 2. The van der Waals surface area contributed by atoms with Gasteiger partial charge in [0.1, 0.15) is 0 Å². The molecular formula is C12H24N2. The van der Waals surface area contributed by atoms with Crippen molar-refractivity contribution in [2.24, 2.45) is 5.92 Å². The Morgan fingerprint density at radius 3 is 2.93 bits per heavy atom. The van der Waals surface area contributed by atoms with E-state index in [4.69, 9.17) is 0 Å². The van der Waals surface area contributed by atoms with Crippen molar-refractivity contribution in [1.82, 2.24) is 10.2 Å². The fraction of sp³-hybridized carbons (Fsp3) is 0.833. The molecule has 0 saturated heterocycles. The molecule has 0 aromatic carbocycles. The summed E-state index contributed by atoms with van der Waals surface area (Å²) in [6.45, 7) is 6.80. The highest BCUT2D eigenvalue weighted by molar-refractivity contribution is 4.90. The Morgan fingerprint density at radius 1 is 1.43 bits per heavy atom. The van der Waals surface area contributed by atoms with Crippen molar-refractivity contribution in [1.29, 1.82) is 0 Å². The van der Waals surface area contributed by atoms with Gasteiger partial charge >= 0.3 is 0 Å². The van der Waals surface area contributed by atoms with Crippen molar-refractivity contribution in [3.63, 3.8) is 0 Å². The highest BCUT2D eigenvalue weighted by atomic mass is 15.1. The van der Waals surface area contributed by atoms with E-state index in [1.54, 1.807) is 0 Å². The highest BCUT2D eigenvalue weighted by Crippen LogP contribution is 2.18. The van der Waals surface area contributed by atoms with Crippen molar-refractivity contribution in [2.75, 3.05) is 33.2 Å². The van der Waals surface area contributed by atoms with Gasteiger partial charge in [0.2, 0.25) is 0 Å². The Kier molecular flexibility index (Phi) is 5.88. The average molecular weight is 196 g/mol. The van der Waals surface area contributed by atoms with E-state index in [2.05, 4.69) is 36.3 Å². The first kappa shape index (κ1) is 11.7. The zero-order chi connectivity index (χ0) is 10.2. The summed E-state index contributed by atoms with van der Waals surface area (Å²) >= 11 is 0. The second kappa shape index (κ2) is 7.02. The van der Waals surface area contributed by atoms with Gasteiger partial charge in [-0.3, -0.25) is 0 Å². The third-order valence-corrected chi connectivity index (χ3v) is 2.87. The first-order valence-electron chi connectivity index (χ1n) is 5.87. The minimum absolute atomic E-state index is 0.895. The predicted octanol–water partition coefficient (Wildman–Crippen LogP) is 1.88. The maximum absolute atomic E-state index is 3.36. The van der Waals surface area contributed by atoms with Gasteiger partial charge < -0.3 is 10.2 Å². The zero-order valence-electron chi connectivity index (χ0n) is 9.63. The molecule has 0 bridgehead atoms. The molecule has 2 nitrogen and oxygen atoms in total. The summed E-state index contributed by atoms with van der Waals surface area (Å²) in [4.78, 5) is 2.45. The summed E-state index contributed by atoms with van der Waals surface area (Å²) in [7, 11) is 2.23. The number of allylic oxidation sites excluding steroid dienone is 2. The van der Waals surface area contributed by atoms with E-state index in [0.717, 1.165) is 19.0 Å². The van der Waals surface area contributed by atoms with Crippen LogP contribution in [0.1, 0.15) is 26.2 Å². The molecule has 0 aromatic rings. The third-order valence-electron chi connectivity index (χ3n) is 2.87.